The number of ether oxygens (including phenoxy) is 1. The van der Waals surface area contributed by atoms with Crippen LogP contribution in [0, 0.1) is 0 Å². The minimum absolute atomic E-state index is 0.440. The van der Waals surface area contributed by atoms with Gasteiger partial charge in [0.1, 0.15) is 5.60 Å². The lowest BCUT2D eigenvalue weighted by Crippen LogP contribution is -2.54. The maximum Gasteiger partial charge on any atom is 0.408 e. The monoisotopic (exact) mass is 400 g/mol. The Balaban J connectivity index is 1.82. The first kappa shape index (κ1) is 22.3. The molecule has 0 saturated heterocycles. The zero-order valence-corrected chi connectivity index (χ0v) is 18.1. The lowest BCUT2D eigenvalue weighted by Gasteiger charge is -2.29. The maximum atomic E-state index is 12.0. The first-order valence-electron chi connectivity index (χ1n) is 9.63. The highest BCUT2D eigenvalue weighted by atomic mass is 16.6. The number of nitrogens with zero attached hydrogens (tertiary/aromatic N) is 3. The summed E-state index contributed by atoms with van der Waals surface area (Å²) < 4.78 is 7.14. The van der Waals surface area contributed by atoms with Crippen LogP contribution in [0.3, 0.4) is 0 Å². The lowest BCUT2D eigenvalue weighted by molar-refractivity contribution is 0.0474. The van der Waals surface area contributed by atoms with E-state index in [9.17, 15) is 4.79 Å². The molecule has 0 aliphatic heterocycles. The molecule has 158 valence electrons. The van der Waals surface area contributed by atoms with Gasteiger partial charge in [-0.1, -0.05) is 12.1 Å². The number of guanidine groups is 1. The summed E-state index contributed by atoms with van der Waals surface area (Å²) in [5, 5.41) is 13.6. The van der Waals surface area contributed by atoms with Gasteiger partial charge < -0.3 is 20.7 Å². The summed E-state index contributed by atoms with van der Waals surface area (Å²) in [5.41, 5.74) is 1.09. The van der Waals surface area contributed by atoms with Gasteiger partial charge in [-0.05, 0) is 58.4 Å². The highest BCUT2D eigenvalue weighted by Gasteiger charge is 2.24. The van der Waals surface area contributed by atoms with Crippen molar-refractivity contribution >= 4 is 12.1 Å². The highest BCUT2D eigenvalue weighted by Crippen LogP contribution is 2.10. The number of amides is 1. The Labute approximate surface area is 172 Å². The number of hydrogen-bond donors (Lipinski definition) is 3. The van der Waals surface area contributed by atoms with Crippen molar-refractivity contribution in [2.24, 2.45) is 4.99 Å². The molecule has 2 rings (SSSR count). The molecule has 2 aromatic rings. The normalized spacial score (nSPS) is 12.4. The van der Waals surface area contributed by atoms with Gasteiger partial charge in [-0.2, -0.15) is 5.10 Å². The number of nitrogens with one attached hydrogen (secondary N) is 3. The third-order valence-electron chi connectivity index (χ3n) is 3.93. The fourth-order valence-electron chi connectivity index (χ4n) is 2.52. The Morgan fingerprint density at radius 2 is 1.83 bits per heavy atom. The van der Waals surface area contributed by atoms with Gasteiger partial charge in [0.2, 0.25) is 0 Å². The largest absolute Gasteiger partial charge is 0.444 e. The lowest BCUT2D eigenvalue weighted by atomic mass is 10.1. The van der Waals surface area contributed by atoms with Crippen molar-refractivity contribution in [1.82, 2.24) is 25.7 Å². The molecular formula is C21H32N6O2. The zero-order valence-electron chi connectivity index (χ0n) is 18.1. The van der Waals surface area contributed by atoms with E-state index in [4.69, 9.17) is 4.74 Å². The fourth-order valence-corrected chi connectivity index (χ4v) is 2.52. The third kappa shape index (κ3) is 7.85. The van der Waals surface area contributed by atoms with Gasteiger partial charge in [-0.15, -0.1) is 0 Å². The minimum Gasteiger partial charge on any atom is -0.444 e. The number of carbonyl (C=O) groups excluding carboxylic acids is 1. The summed E-state index contributed by atoms with van der Waals surface area (Å²) in [6.07, 6.45) is 3.22. The van der Waals surface area contributed by atoms with Gasteiger partial charge in [0.15, 0.2) is 5.96 Å². The number of aromatic nitrogens is 2. The Morgan fingerprint density at radius 3 is 2.38 bits per heavy atom. The molecule has 3 N–H and O–H groups in total. The predicted molar refractivity (Wildman–Crippen MR) is 115 cm³/mol. The molecule has 0 radical (unpaired) electrons. The van der Waals surface area contributed by atoms with Crippen LogP contribution < -0.4 is 16.0 Å². The SMILES string of the molecule is CN=C(NCc1ccc(-n2cccn2)cc1)NCC(C)(C)NC(=O)OC(C)(C)C. The zero-order chi connectivity index (χ0) is 21.5. The van der Waals surface area contributed by atoms with E-state index in [0.717, 1.165) is 11.3 Å². The Bertz CT molecular complexity index is 805. The molecule has 0 aliphatic carbocycles. The summed E-state index contributed by atoms with van der Waals surface area (Å²) in [4.78, 5) is 16.2. The van der Waals surface area contributed by atoms with E-state index in [1.165, 1.54) is 0 Å². The number of rotatable bonds is 6. The van der Waals surface area contributed by atoms with Gasteiger partial charge in [0, 0.05) is 32.5 Å². The van der Waals surface area contributed by atoms with E-state index in [1.807, 2.05) is 75.8 Å². The third-order valence-corrected chi connectivity index (χ3v) is 3.93. The molecule has 1 aromatic carbocycles. The van der Waals surface area contributed by atoms with Gasteiger partial charge in [0.25, 0.3) is 0 Å². The van der Waals surface area contributed by atoms with Gasteiger partial charge in [0.05, 0.1) is 11.2 Å². The maximum absolute atomic E-state index is 12.0. The first-order chi connectivity index (χ1) is 13.6. The van der Waals surface area contributed by atoms with Crippen molar-refractivity contribution in [3.8, 4) is 5.69 Å². The summed E-state index contributed by atoms with van der Waals surface area (Å²) in [5.74, 6) is 0.653. The van der Waals surface area contributed by atoms with Crippen LogP contribution in [0.25, 0.3) is 5.69 Å². The first-order valence-corrected chi connectivity index (χ1v) is 9.63. The average Bonchev–Trinajstić information content (AvgIpc) is 3.14. The standard InChI is InChI=1S/C21H32N6O2/c1-20(2,3)29-19(28)26-21(4,5)15-24-18(22-6)23-14-16-8-10-17(11-9-16)27-13-7-12-25-27/h7-13H,14-15H2,1-6H3,(H,26,28)(H2,22,23,24). The van der Waals surface area contributed by atoms with E-state index in [-0.39, 0.29) is 0 Å². The fraction of sp³-hybridized carbons (Fsp3) is 0.476. The van der Waals surface area contributed by atoms with Gasteiger partial charge in [-0.25, -0.2) is 9.48 Å². The number of benzene rings is 1. The smallest absolute Gasteiger partial charge is 0.408 e. The van der Waals surface area contributed by atoms with E-state index < -0.39 is 17.2 Å². The molecule has 1 amide bonds. The molecular weight excluding hydrogens is 368 g/mol. The molecule has 0 spiro atoms. The van der Waals surface area contributed by atoms with Crippen molar-refractivity contribution in [2.45, 2.75) is 52.3 Å². The average molecular weight is 401 g/mol. The van der Waals surface area contributed by atoms with Crippen molar-refractivity contribution in [3.63, 3.8) is 0 Å². The Kier molecular flexibility index (Phi) is 7.25. The molecule has 1 heterocycles. The predicted octanol–water partition coefficient (Wildman–Crippen LogP) is 2.84. The minimum atomic E-state index is -0.530. The second-order valence-corrected chi connectivity index (χ2v) is 8.41. The molecule has 0 saturated carbocycles. The van der Waals surface area contributed by atoms with Crippen LogP contribution in [0.5, 0.6) is 0 Å². The molecule has 8 heteroatoms. The Morgan fingerprint density at radius 1 is 1.14 bits per heavy atom. The molecule has 0 aliphatic rings. The van der Waals surface area contributed by atoms with E-state index in [2.05, 4.69) is 26.0 Å². The number of carbonyl (C=O) groups is 1. The summed E-state index contributed by atoms with van der Waals surface area (Å²) in [6, 6.07) is 10.0. The molecule has 0 atom stereocenters. The van der Waals surface area contributed by atoms with Crippen molar-refractivity contribution in [1.29, 1.82) is 0 Å². The molecule has 8 nitrogen and oxygen atoms in total. The van der Waals surface area contributed by atoms with Crippen molar-refractivity contribution in [2.75, 3.05) is 13.6 Å². The Hall–Kier alpha value is -3.03. The van der Waals surface area contributed by atoms with Gasteiger partial charge in [-0.3, -0.25) is 4.99 Å². The van der Waals surface area contributed by atoms with Gasteiger partial charge >= 0.3 is 6.09 Å². The van der Waals surface area contributed by atoms with Crippen LogP contribution >= 0.6 is 0 Å². The quantitative estimate of drug-likeness (QED) is 0.512. The second-order valence-electron chi connectivity index (χ2n) is 8.41. The van der Waals surface area contributed by atoms with Crippen LogP contribution in [-0.4, -0.2) is 46.6 Å². The van der Waals surface area contributed by atoms with E-state index >= 15 is 0 Å². The molecule has 0 unspecified atom stereocenters. The molecule has 29 heavy (non-hydrogen) atoms. The highest BCUT2D eigenvalue weighted by molar-refractivity contribution is 5.79. The summed E-state index contributed by atoms with van der Waals surface area (Å²) in [7, 11) is 1.71. The number of alkyl carbamates (subject to hydrolysis) is 1. The van der Waals surface area contributed by atoms with E-state index in [1.54, 1.807) is 13.2 Å². The van der Waals surface area contributed by atoms with Crippen LogP contribution in [-0.2, 0) is 11.3 Å². The second kappa shape index (κ2) is 9.45. The van der Waals surface area contributed by atoms with Crippen LogP contribution in [0.2, 0.25) is 0 Å². The molecule has 1 aromatic heterocycles. The molecule has 0 fully saturated rings. The van der Waals surface area contributed by atoms with Crippen LogP contribution in [0.4, 0.5) is 4.79 Å². The van der Waals surface area contributed by atoms with Crippen LogP contribution in [0.15, 0.2) is 47.7 Å². The van der Waals surface area contributed by atoms with Crippen LogP contribution in [0.1, 0.15) is 40.2 Å². The summed E-state index contributed by atoms with van der Waals surface area (Å²) in [6.45, 7) is 10.5. The number of hydrogen-bond acceptors (Lipinski definition) is 4. The van der Waals surface area contributed by atoms with Crippen molar-refractivity contribution in [3.05, 3.63) is 48.3 Å². The number of aliphatic imine (C=N–C) groups is 1. The molecule has 0 bridgehead atoms. The van der Waals surface area contributed by atoms with E-state index in [0.29, 0.717) is 19.0 Å². The summed E-state index contributed by atoms with van der Waals surface area (Å²) >= 11 is 0. The van der Waals surface area contributed by atoms with Crippen molar-refractivity contribution < 1.29 is 9.53 Å². The topological polar surface area (TPSA) is 92.6 Å².